The Bertz CT molecular complexity index is 301. The summed E-state index contributed by atoms with van der Waals surface area (Å²) in [5.41, 5.74) is 8.43. The van der Waals surface area contributed by atoms with E-state index in [4.69, 9.17) is 5.73 Å². The lowest BCUT2D eigenvalue weighted by Gasteiger charge is -2.24. The molecule has 0 bridgehead atoms. The van der Waals surface area contributed by atoms with Gasteiger partial charge in [-0.1, -0.05) is 37.6 Å². The molecule has 1 aromatic rings. The van der Waals surface area contributed by atoms with E-state index >= 15 is 0 Å². The van der Waals surface area contributed by atoms with E-state index in [9.17, 15) is 0 Å². The van der Waals surface area contributed by atoms with Crippen LogP contribution in [0.15, 0.2) is 24.3 Å². The summed E-state index contributed by atoms with van der Waals surface area (Å²) in [5.74, 6) is 0. The monoisotopic (exact) mass is 220 g/mol. The van der Waals surface area contributed by atoms with Gasteiger partial charge >= 0.3 is 0 Å². The first kappa shape index (κ1) is 13.2. The molecule has 0 saturated carbocycles. The molecular formula is C14H24N2. The SMILES string of the molecule is CCCc1ccc(CNC(C)(C)CN)cc1. The van der Waals surface area contributed by atoms with E-state index in [1.165, 1.54) is 24.0 Å². The van der Waals surface area contributed by atoms with Crippen LogP contribution in [0.5, 0.6) is 0 Å². The molecule has 0 spiro atoms. The van der Waals surface area contributed by atoms with Gasteiger partial charge in [0.2, 0.25) is 0 Å². The molecule has 0 heterocycles. The van der Waals surface area contributed by atoms with Gasteiger partial charge in [0.05, 0.1) is 0 Å². The van der Waals surface area contributed by atoms with Gasteiger partial charge < -0.3 is 11.1 Å². The number of aryl methyl sites for hydroxylation is 1. The molecule has 0 fully saturated rings. The van der Waals surface area contributed by atoms with Gasteiger partial charge in [-0.05, 0) is 31.4 Å². The smallest absolute Gasteiger partial charge is 0.0250 e. The number of hydrogen-bond donors (Lipinski definition) is 2. The lowest BCUT2D eigenvalue weighted by Crippen LogP contribution is -2.45. The summed E-state index contributed by atoms with van der Waals surface area (Å²) in [7, 11) is 0. The minimum atomic E-state index is 0.0160. The minimum absolute atomic E-state index is 0.0160. The largest absolute Gasteiger partial charge is 0.329 e. The summed E-state index contributed by atoms with van der Waals surface area (Å²) in [4.78, 5) is 0. The summed E-state index contributed by atoms with van der Waals surface area (Å²) < 4.78 is 0. The summed E-state index contributed by atoms with van der Waals surface area (Å²) in [5, 5.41) is 3.45. The van der Waals surface area contributed by atoms with E-state index in [1.807, 2.05) is 0 Å². The molecule has 0 atom stereocenters. The molecule has 0 amide bonds. The second-order valence-corrected chi connectivity index (χ2v) is 5.01. The molecule has 16 heavy (non-hydrogen) atoms. The predicted octanol–water partition coefficient (Wildman–Crippen LogP) is 2.47. The van der Waals surface area contributed by atoms with E-state index in [-0.39, 0.29) is 5.54 Å². The lowest BCUT2D eigenvalue weighted by atomic mass is 10.0. The van der Waals surface area contributed by atoms with Crippen LogP contribution in [0.2, 0.25) is 0 Å². The van der Waals surface area contributed by atoms with Crippen LogP contribution in [0.1, 0.15) is 38.3 Å². The summed E-state index contributed by atoms with van der Waals surface area (Å²) >= 11 is 0. The second-order valence-electron chi connectivity index (χ2n) is 5.01. The highest BCUT2D eigenvalue weighted by Gasteiger charge is 2.13. The Morgan fingerprint density at radius 3 is 2.19 bits per heavy atom. The third-order valence-corrected chi connectivity index (χ3v) is 2.84. The molecule has 0 aliphatic heterocycles. The van der Waals surface area contributed by atoms with Crippen molar-refractivity contribution in [3.8, 4) is 0 Å². The Kier molecular flexibility index (Phi) is 4.97. The zero-order valence-electron chi connectivity index (χ0n) is 10.7. The highest BCUT2D eigenvalue weighted by molar-refractivity contribution is 5.22. The maximum atomic E-state index is 5.67. The third kappa shape index (κ3) is 4.33. The fraction of sp³-hybridized carbons (Fsp3) is 0.571. The quantitative estimate of drug-likeness (QED) is 0.773. The number of benzene rings is 1. The Morgan fingerprint density at radius 2 is 1.69 bits per heavy atom. The molecule has 0 saturated heterocycles. The van der Waals surface area contributed by atoms with Crippen LogP contribution in [0, 0.1) is 0 Å². The molecule has 2 nitrogen and oxygen atoms in total. The first-order valence-electron chi connectivity index (χ1n) is 6.10. The van der Waals surface area contributed by atoms with E-state index in [1.54, 1.807) is 0 Å². The van der Waals surface area contributed by atoms with Crippen molar-refractivity contribution in [3.05, 3.63) is 35.4 Å². The Hall–Kier alpha value is -0.860. The number of nitrogens with one attached hydrogen (secondary N) is 1. The average Bonchev–Trinajstić information content (AvgIpc) is 2.29. The van der Waals surface area contributed by atoms with Crippen molar-refractivity contribution < 1.29 is 0 Å². The van der Waals surface area contributed by atoms with Crippen molar-refractivity contribution >= 4 is 0 Å². The maximum absolute atomic E-state index is 5.67. The number of nitrogens with two attached hydrogens (primary N) is 1. The van der Waals surface area contributed by atoms with Crippen molar-refractivity contribution in [2.45, 2.75) is 45.7 Å². The second kappa shape index (κ2) is 6.02. The molecule has 90 valence electrons. The fourth-order valence-corrected chi connectivity index (χ4v) is 1.53. The lowest BCUT2D eigenvalue weighted by molar-refractivity contribution is 0.397. The van der Waals surface area contributed by atoms with Gasteiger partial charge in [0.15, 0.2) is 0 Å². The van der Waals surface area contributed by atoms with Crippen LogP contribution in [0.4, 0.5) is 0 Å². The van der Waals surface area contributed by atoms with Crippen LogP contribution in [-0.2, 0) is 13.0 Å². The van der Waals surface area contributed by atoms with Gasteiger partial charge in [-0.15, -0.1) is 0 Å². The Balaban J connectivity index is 2.49. The molecular weight excluding hydrogens is 196 g/mol. The predicted molar refractivity (Wildman–Crippen MR) is 70.4 cm³/mol. The molecule has 3 N–H and O–H groups in total. The van der Waals surface area contributed by atoms with Gasteiger partial charge in [-0.2, -0.15) is 0 Å². The number of hydrogen-bond acceptors (Lipinski definition) is 2. The van der Waals surface area contributed by atoms with Crippen LogP contribution < -0.4 is 11.1 Å². The van der Waals surface area contributed by atoms with E-state index in [0.717, 1.165) is 6.54 Å². The molecule has 1 aromatic carbocycles. The zero-order valence-corrected chi connectivity index (χ0v) is 10.7. The normalized spacial score (nSPS) is 11.8. The summed E-state index contributed by atoms with van der Waals surface area (Å²) in [6.45, 7) is 7.99. The van der Waals surface area contributed by atoms with Gasteiger partial charge in [0.25, 0.3) is 0 Å². The van der Waals surface area contributed by atoms with Gasteiger partial charge in [-0.25, -0.2) is 0 Å². The molecule has 1 rings (SSSR count). The van der Waals surface area contributed by atoms with Crippen LogP contribution in [0.25, 0.3) is 0 Å². The van der Waals surface area contributed by atoms with E-state index in [0.29, 0.717) is 6.54 Å². The average molecular weight is 220 g/mol. The maximum Gasteiger partial charge on any atom is 0.0250 e. The van der Waals surface area contributed by atoms with Gasteiger partial charge in [0.1, 0.15) is 0 Å². The first-order chi connectivity index (χ1) is 7.57. The van der Waals surface area contributed by atoms with Gasteiger partial charge in [-0.3, -0.25) is 0 Å². The first-order valence-corrected chi connectivity index (χ1v) is 6.10. The molecule has 0 aromatic heterocycles. The van der Waals surface area contributed by atoms with Crippen LogP contribution >= 0.6 is 0 Å². The van der Waals surface area contributed by atoms with Crippen LogP contribution in [-0.4, -0.2) is 12.1 Å². The molecule has 0 unspecified atom stereocenters. The molecule has 0 aliphatic carbocycles. The topological polar surface area (TPSA) is 38.0 Å². The molecule has 2 heteroatoms. The Morgan fingerprint density at radius 1 is 1.12 bits per heavy atom. The Labute approximate surface area is 99.2 Å². The molecule has 0 radical (unpaired) electrons. The standard InChI is InChI=1S/C14H24N2/c1-4-5-12-6-8-13(9-7-12)10-16-14(2,3)11-15/h6-9,16H,4-5,10-11,15H2,1-3H3. The molecule has 0 aliphatic rings. The summed E-state index contributed by atoms with van der Waals surface area (Å²) in [6, 6.07) is 8.83. The van der Waals surface area contributed by atoms with E-state index in [2.05, 4.69) is 50.4 Å². The van der Waals surface area contributed by atoms with Crippen molar-refractivity contribution in [2.75, 3.05) is 6.54 Å². The van der Waals surface area contributed by atoms with Crippen molar-refractivity contribution in [1.29, 1.82) is 0 Å². The van der Waals surface area contributed by atoms with E-state index < -0.39 is 0 Å². The van der Waals surface area contributed by atoms with Gasteiger partial charge in [0, 0.05) is 18.6 Å². The highest BCUT2D eigenvalue weighted by atomic mass is 15.0. The number of rotatable bonds is 6. The zero-order chi connectivity index (χ0) is 12.0. The summed E-state index contributed by atoms with van der Waals surface area (Å²) in [6.07, 6.45) is 2.37. The van der Waals surface area contributed by atoms with Crippen molar-refractivity contribution in [3.63, 3.8) is 0 Å². The fourth-order valence-electron chi connectivity index (χ4n) is 1.53. The van der Waals surface area contributed by atoms with Crippen LogP contribution in [0.3, 0.4) is 0 Å². The highest BCUT2D eigenvalue weighted by Crippen LogP contribution is 2.08. The minimum Gasteiger partial charge on any atom is -0.329 e. The van der Waals surface area contributed by atoms with Crippen molar-refractivity contribution in [1.82, 2.24) is 5.32 Å². The third-order valence-electron chi connectivity index (χ3n) is 2.84. The van der Waals surface area contributed by atoms with Crippen molar-refractivity contribution in [2.24, 2.45) is 5.73 Å².